The zero-order chi connectivity index (χ0) is 4.00. The Morgan fingerprint density at radius 1 is 1.40 bits per heavy atom. The molecule has 0 spiro atoms. The molecule has 0 aromatic heterocycles. The van der Waals surface area contributed by atoms with E-state index >= 15 is 0 Å². The van der Waals surface area contributed by atoms with Crippen LogP contribution >= 0.6 is 0 Å². The Bertz CT molecular complexity index is 11.6. The summed E-state index contributed by atoms with van der Waals surface area (Å²) >= 11 is 3.33. The maximum atomic E-state index is 9.50. The van der Waals surface area contributed by atoms with E-state index in [1.807, 2.05) is 0 Å². The Balaban J connectivity index is -0.0000000133. The van der Waals surface area contributed by atoms with E-state index in [0.29, 0.717) is 7.18 Å². The number of nitrogens with one attached hydrogen (secondary N) is 1. The molecular formula is CH4AgFNS. The van der Waals surface area contributed by atoms with Crippen LogP contribution in [0.15, 0.2) is 0 Å². The summed E-state index contributed by atoms with van der Waals surface area (Å²) in [4.78, 5) is 0. The van der Waals surface area contributed by atoms with Gasteiger partial charge in [-0.25, -0.2) is 4.78 Å². The van der Waals surface area contributed by atoms with Gasteiger partial charge in [-0.2, -0.15) is 0 Å². The van der Waals surface area contributed by atoms with Crippen LogP contribution in [0.25, 0.3) is 0 Å². The molecule has 0 aliphatic carbocycles. The van der Waals surface area contributed by atoms with Crippen molar-refractivity contribution in [1.82, 2.24) is 0 Å². The summed E-state index contributed by atoms with van der Waals surface area (Å²) in [5.41, 5.74) is 0. The Kier molecular flexibility index (Phi) is 464. The van der Waals surface area contributed by atoms with Gasteiger partial charge in [0.1, 0.15) is 0 Å². The first-order valence-corrected chi connectivity index (χ1v) is 0.990. The Morgan fingerprint density at radius 3 is 1.40 bits per heavy atom. The third-order valence-corrected chi connectivity index (χ3v) is 0. The van der Waals surface area contributed by atoms with Crippen molar-refractivity contribution in [1.29, 1.82) is 4.78 Å². The van der Waals surface area contributed by atoms with Crippen molar-refractivity contribution < 1.29 is 26.8 Å². The fourth-order valence-corrected chi connectivity index (χ4v) is 0. The Labute approximate surface area is 51.4 Å². The summed E-state index contributed by atoms with van der Waals surface area (Å²) in [6.07, 6.45) is 0. The van der Waals surface area contributed by atoms with E-state index in [-0.39, 0.29) is 22.4 Å². The fraction of sp³-hybridized carbons (Fsp3) is 1.00. The van der Waals surface area contributed by atoms with Crippen molar-refractivity contribution in [2.24, 2.45) is 0 Å². The molecule has 0 aliphatic rings. The summed E-state index contributed by atoms with van der Waals surface area (Å²) in [7, 11) is 0.500. The molecule has 0 saturated heterocycles. The van der Waals surface area contributed by atoms with Crippen molar-refractivity contribution in [2.75, 3.05) is 7.18 Å². The van der Waals surface area contributed by atoms with Crippen LogP contribution in [0.3, 0.4) is 0 Å². The average Bonchev–Trinajstić information content (AvgIpc) is 1.50. The van der Waals surface area contributed by atoms with Crippen LogP contribution in [-0.4, -0.2) is 7.18 Å². The van der Waals surface area contributed by atoms with Gasteiger partial charge in [-0.05, 0) is 0 Å². The smallest absolute Gasteiger partial charge is 0.0785 e. The van der Waals surface area contributed by atoms with Crippen LogP contribution in [0.2, 0.25) is 0 Å². The molecule has 0 bridgehead atoms. The number of hydrogen-bond acceptors (Lipinski definition) is 2. The van der Waals surface area contributed by atoms with Crippen LogP contribution < -0.4 is 0 Å². The van der Waals surface area contributed by atoms with Crippen LogP contribution in [0.5, 0.6) is 0 Å². The monoisotopic (exact) mass is 188 g/mol. The zero-order valence-electron chi connectivity index (χ0n) is 2.59. The second-order valence-electron chi connectivity index (χ2n) is 0. The van der Waals surface area contributed by atoms with Gasteiger partial charge in [-0.3, -0.25) is 4.39 Å². The van der Waals surface area contributed by atoms with Gasteiger partial charge >= 0.3 is 0 Å². The molecule has 1 radical (unpaired) electrons. The normalized spacial score (nSPS) is 2.00. The second-order valence-corrected chi connectivity index (χ2v) is 0. The summed E-state index contributed by atoms with van der Waals surface area (Å²) in [6.45, 7) is 0. The van der Waals surface area contributed by atoms with Crippen molar-refractivity contribution in [2.45, 2.75) is 0 Å². The molecule has 0 aliphatic heterocycles. The maximum absolute atomic E-state index is 9.50. The Hall–Kier alpha value is 0.690. The van der Waals surface area contributed by atoms with Crippen molar-refractivity contribution in [3.05, 3.63) is 0 Å². The standard InChI is InChI=1S/CH3F.Ag.HNS/c1-2;;1-2/h1H3;;1H. The van der Waals surface area contributed by atoms with Gasteiger partial charge in [-0.1, -0.05) is 0 Å². The van der Waals surface area contributed by atoms with Gasteiger partial charge < -0.3 is 0 Å². The largest absolute Gasteiger partial charge is 0.255 e. The van der Waals surface area contributed by atoms with Crippen molar-refractivity contribution in [3.63, 3.8) is 0 Å². The molecule has 0 fully saturated rings. The minimum absolute atomic E-state index is 0. The summed E-state index contributed by atoms with van der Waals surface area (Å²) in [5, 5.41) is 0. The molecule has 0 atom stereocenters. The topological polar surface area (TPSA) is 23.9 Å². The van der Waals surface area contributed by atoms with E-state index in [0.717, 1.165) is 0 Å². The molecule has 0 heterocycles. The number of halogens is 1. The van der Waals surface area contributed by atoms with Crippen molar-refractivity contribution >= 4 is 12.4 Å². The predicted octanol–water partition coefficient (Wildman–Crippen LogP) is 0.879. The first-order chi connectivity index (χ1) is 2.00. The number of rotatable bonds is 0. The molecular weight excluding hydrogens is 185 g/mol. The third kappa shape index (κ3) is 71.2. The van der Waals surface area contributed by atoms with E-state index < -0.39 is 0 Å². The molecule has 0 aromatic carbocycles. The first-order valence-electron chi connectivity index (χ1n) is 0.582. The van der Waals surface area contributed by atoms with Crippen LogP contribution in [0.4, 0.5) is 4.39 Å². The van der Waals surface area contributed by atoms with Gasteiger partial charge in [0.15, 0.2) is 0 Å². The van der Waals surface area contributed by atoms with E-state index in [1.165, 1.54) is 0 Å². The quantitative estimate of drug-likeness (QED) is 0.561. The van der Waals surface area contributed by atoms with Crippen molar-refractivity contribution in [3.8, 4) is 0 Å². The van der Waals surface area contributed by atoms with E-state index in [1.54, 1.807) is 0 Å². The van der Waals surface area contributed by atoms with Crippen LogP contribution in [0.1, 0.15) is 0 Å². The molecule has 1 nitrogen and oxygen atoms in total. The molecule has 0 saturated carbocycles. The Morgan fingerprint density at radius 2 is 1.40 bits per heavy atom. The third-order valence-electron chi connectivity index (χ3n) is 0. The summed E-state index contributed by atoms with van der Waals surface area (Å²) in [6, 6.07) is 0. The van der Waals surface area contributed by atoms with Crippen LogP contribution in [0, 0.1) is 4.78 Å². The van der Waals surface area contributed by atoms with E-state index in [2.05, 4.69) is 12.4 Å². The zero-order valence-corrected chi connectivity index (χ0v) is 4.89. The van der Waals surface area contributed by atoms with Gasteiger partial charge in [-0.15, -0.1) is 0 Å². The fourth-order valence-electron chi connectivity index (χ4n) is 0. The van der Waals surface area contributed by atoms with Gasteiger partial charge in [0.25, 0.3) is 0 Å². The summed E-state index contributed by atoms with van der Waals surface area (Å²) in [5.74, 6) is 0. The molecule has 0 amide bonds. The predicted molar refractivity (Wildman–Crippen MR) is 17.1 cm³/mol. The van der Waals surface area contributed by atoms with Gasteiger partial charge in [0, 0.05) is 34.8 Å². The van der Waals surface area contributed by atoms with Gasteiger partial charge in [0.05, 0.1) is 7.18 Å². The molecule has 0 rings (SSSR count). The molecule has 0 aromatic rings. The van der Waals surface area contributed by atoms with Crippen LogP contribution in [-0.2, 0) is 34.8 Å². The molecule has 1 N–H and O–H groups in total. The minimum Gasteiger partial charge on any atom is -0.255 e. The average molecular weight is 189 g/mol. The first kappa shape index (κ1) is 17.3. The summed E-state index contributed by atoms with van der Waals surface area (Å²) < 4.78 is 14.8. The second kappa shape index (κ2) is 134. The molecule has 37 valence electrons. The molecule has 4 heteroatoms. The SMILES string of the molecule is CF.N=S.[Ag]. The molecule has 5 heavy (non-hydrogen) atoms. The van der Waals surface area contributed by atoms with Gasteiger partial charge in [0.2, 0.25) is 0 Å². The number of hydrogen-bond donors (Lipinski definition) is 1. The minimum atomic E-state index is 0. The van der Waals surface area contributed by atoms with E-state index in [4.69, 9.17) is 4.78 Å². The molecule has 0 unspecified atom stereocenters. The maximum Gasteiger partial charge on any atom is 0.0785 e. The number of alkyl halides is 1. The van der Waals surface area contributed by atoms with E-state index in [9.17, 15) is 4.39 Å².